The van der Waals surface area contributed by atoms with Crippen LogP contribution >= 0.6 is 0 Å². The number of benzene rings is 1. The molecule has 0 spiro atoms. The van der Waals surface area contributed by atoms with Gasteiger partial charge in [0, 0.05) is 6.54 Å². The molecule has 0 radical (unpaired) electrons. The number of hydrogen-bond acceptors (Lipinski definition) is 2. The average Bonchev–Trinajstić information content (AvgIpc) is 3.08. The lowest BCUT2D eigenvalue weighted by molar-refractivity contribution is 0.397. The van der Waals surface area contributed by atoms with Crippen LogP contribution in [-0.4, -0.2) is 20.2 Å². The lowest BCUT2D eigenvalue weighted by atomic mass is 9.96. The number of nitrogens with one attached hydrogen (secondary N) is 1. The van der Waals surface area contributed by atoms with Crippen LogP contribution in [0.2, 0.25) is 0 Å². The van der Waals surface area contributed by atoms with Crippen molar-refractivity contribution in [2.75, 3.05) is 20.2 Å². The normalized spacial score (nSPS) is 17.1. The van der Waals surface area contributed by atoms with E-state index in [1.165, 1.54) is 18.4 Å². The highest BCUT2D eigenvalue weighted by atomic mass is 16.5. The molecule has 1 saturated carbocycles. The second-order valence-corrected chi connectivity index (χ2v) is 4.77. The van der Waals surface area contributed by atoms with Gasteiger partial charge < -0.3 is 10.1 Å². The fourth-order valence-corrected chi connectivity index (χ4v) is 2.24. The molecule has 1 aromatic rings. The summed E-state index contributed by atoms with van der Waals surface area (Å²) in [5.74, 6) is 1.03. The zero-order valence-corrected chi connectivity index (χ0v) is 10.3. The monoisotopic (exact) mass is 219 g/mol. The van der Waals surface area contributed by atoms with Crippen LogP contribution in [0.5, 0.6) is 5.75 Å². The molecule has 1 N–H and O–H groups in total. The summed E-state index contributed by atoms with van der Waals surface area (Å²) < 4.78 is 5.40. The highest BCUT2D eigenvalue weighted by Crippen LogP contribution is 2.48. The number of rotatable bonds is 6. The Hall–Kier alpha value is -1.02. The van der Waals surface area contributed by atoms with Crippen LogP contribution in [0.15, 0.2) is 24.3 Å². The third-order valence-corrected chi connectivity index (χ3v) is 3.47. The maximum Gasteiger partial charge on any atom is 0.122 e. The summed E-state index contributed by atoms with van der Waals surface area (Å²) in [7, 11) is 1.75. The van der Waals surface area contributed by atoms with Crippen molar-refractivity contribution >= 4 is 0 Å². The number of methoxy groups -OCH3 is 1. The minimum absolute atomic E-state index is 0.505. The highest BCUT2D eigenvalue weighted by molar-refractivity contribution is 5.34. The van der Waals surface area contributed by atoms with Crippen molar-refractivity contribution in [3.8, 4) is 5.75 Å². The van der Waals surface area contributed by atoms with Crippen molar-refractivity contribution in [2.45, 2.75) is 26.2 Å². The van der Waals surface area contributed by atoms with Gasteiger partial charge in [-0.3, -0.25) is 0 Å². The van der Waals surface area contributed by atoms with E-state index in [9.17, 15) is 0 Å². The Morgan fingerprint density at radius 3 is 2.69 bits per heavy atom. The Kier molecular flexibility index (Phi) is 3.49. The average molecular weight is 219 g/mol. The lowest BCUT2D eigenvalue weighted by Gasteiger charge is -2.17. The van der Waals surface area contributed by atoms with E-state index in [1.807, 2.05) is 6.07 Å². The SMILES string of the molecule is CCNCC1(Cc2ccccc2OC)CC1. The molecule has 0 heterocycles. The summed E-state index contributed by atoms with van der Waals surface area (Å²) in [5.41, 5.74) is 1.85. The molecule has 0 amide bonds. The second kappa shape index (κ2) is 4.88. The van der Waals surface area contributed by atoms with Crippen LogP contribution in [0.1, 0.15) is 25.3 Å². The van der Waals surface area contributed by atoms with E-state index in [-0.39, 0.29) is 0 Å². The maximum atomic E-state index is 5.40. The fourth-order valence-electron chi connectivity index (χ4n) is 2.24. The molecule has 88 valence electrons. The van der Waals surface area contributed by atoms with Gasteiger partial charge in [-0.1, -0.05) is 25.1 Å². The van der Waals surface area contributed by atoms with E-state index in [0.29, 0.717) is 5.41 Å². The van der Waals surface area contributed by atoms with Gasteiger partial charge in [0.25, 0.3) is 0 Å². The van der Waals surface area contributed by atoms with Crippen molar-refractivity contribution in [2.24, 2.45) is 5.41 Å². The molecule has 0 unspecified atom stereocenters. The van der Waals surface area contributed by atoms with Crippen molar-refractivity contribution in [3.05, 3.63) is 29.8 Å². The van der Waals surface area contributed by atoms with Crippen LogP contribution in [-0.2, 0) is 6.42 Å². The minimum atomic E-state index is 0.505. The first-order chi connectivity index (χ1) is 7.79. The summed E-state index contributed by atoms with van der Waals surface area (Å²) in [4.78, 5) is 0. The van der Waals surface area contributed by atoms with Gasteiger partial charge in [0.05, 0.1) is 7.11 Å². The predicted octanol–water partition coefficient (Wildman–Crippen LogP) is 2.63. The summed E-state index contributed by atoms with van der Waals surface area (Å²) >= 11 is 0. The lowest BCUT2D eigenvalue weighted by Crippen LogP contribution is -2.25. The van der Waals surface area contributed by atoms with Gasteiger partial charge in [0.2, 0.25) is 0 Å². The van der Waals surface area contributed by atoms with E-state index < -0.39 is 0 Å². The van der Waals surface area contributed by atoms with Gasteiger partial charge in [-0.05, 0) is 42.9 Å². The highest BCUT2D eigenvalue weighted by Gasteiger charge is 2.42. The first-order valence-electron chi connectivity index (χ1n) is 6.12. The van der Waals surface area contributed by atoms with Gasteiger partial charge >= 0.3 is 0 Å². The van der Waals surface area contributed by atoms with Gasteiger partial charge in [0.1, 0.15) is 5.75 Å². The third-order valence-electron chi connectivity index (χ3n) is 3.47. The number of para-hydroxylation sites is 1. The zero-order chi connectivity index (χ0) is 11.4. The Bertz CT molecular complexity index is 344. The Morgan fingerprint density at radius 1 is 1.31 bits per heavy atom. The molecule has 1 aromatic carbocycles. The van der Waals surface area contributed by atoms with Crippen molar-refractivity contribution in [1.82, 2.24) is 5.32 Å². The first kappa shape index (κ1) is 11.5. The number of ether oxygens (including phenoxy) is 1. The second-order valence-electron chi connectivity index (χ2n) is 4.77. The molecule has 16 heavy (non-hydrogen) atoms. The molecule has 0 bridgehead atoms. The van der Waals surface area contributed by atoms with Crippen molar-refractivity contribution in [3.63, 3.8) is 0 Å². The molecule has 2 heteroatoms. The molecule has 1 aliphatic carbocycles. The summed E-state index contributed by atoms with van der Waals surface area (Å²) in [6.45, 7) is 4.37. The summed E-state index contributed by atoms with van der Waals surface area (Å²) in [5, 5.41) is 3.47. The van der Waals surface area contributed by atoms with Gasteiger partial charge in [-0.15, -0.1) is 0 Å². The van der Waals surface area contributed by atoms with E-state index in [2.05, 4.69) is 30.4 Å². The van der Waals surface area contributed by atoms with Crippen molar-refractivity contribution < 1.29 is 4.74 Å². The molecule has 2 nitrogen and oxygen atoms in total. The smallest absolute Gasteiger partial charge is 0.122 e. The Labute approximate surface area is 98.0 Å². The fraction of sp³-hybridized carbons (Fsp3) is 0.571. The molecule has 1 fully saturated rings. The Morgan fingerprint density at radius 2 is 2.06 bits per heavy atom. The summed E-state index contributed by atoms with van der Waals surface area (Å²) in [6, 6.07) is 8.37. The van der Waals surface area contributed by atoms with Crippen LogP contribution in [0, 0.1) is 5.41 Å². The molecule has 0 aliphatic heterocycles. The molecular formula is C14H21NO. The maximum absolute atomic E-state index is 5.40. The quantitative estimate of drug-likeness (QED) is 0.794. The predicted molar refractivity (Wildman–Crippen MR) is 66.9 cm³/mol. The topological polar surface area (TPSA) is 21.3 Å². The van der Waals surface area contributed by atoms with Gasteiger partial charge in [0.15, 0.2) is 0 Å². The van der Waals surface area contributed by atoms with Crippen LogP contribution in [0.25, 0.3) is 0 Å². The van der Waals surface area contributed by atoms with Crippen molar-refractivity contribution in [1.29, 1.82) is 0 Å². The van der Waals surface area contributed by atoms with E-state index in [4.69, 9.17) is 4.74 Å². The molecule has 0 atom stereocenters. The molecular weight excluding hydrogens is 198 g/mol. The van der Waals surface area contributed by atoms with E-state index in [0.717, 1.165) is 25.3 Å². The van der Waals surface area contributed by atoms with Gasteiger partial charge in [-0.25, -0.2) is 0 Å². The van der Waals surface area contributed by atoms with Gasteiger partial charge in [-0.2, -0.15) is 0 Å². The molecule has 0 saturated heterocycles. The van der Waals surface area contributed by atoms with Crippen LogP contribution in [0.4, 0.5) is 0 Å². The summed E-state index contributed by atoms with van der Waals surface area (Å²) in [6.07, 6.45) is 3.83. The van der Waals surface area contributed by atoms with E-state index >= 15 is 0 Å². The van der Waals surface area contributed by atoms with Crippen LogP contribution in [0.3, 0.4) is 0 Å². The Balaban J connectivity index is 2.03. The van der Waals surface area contributed by atoms with E-state index in [1.54, 1.807) is 7.11 Å². The van der Waals surface area contributed by atoms with Crippen LogP contribution < -0.4 is 10.1 Å². The zero-order valence-electron chi connectivity index (χ0n) is 10.3. The largest absolute Gasteiger partial charge is 0.496 e. The minimum Gasteiger partial charge on any atom is -0.496 e. The molecule has 0 aromatic heterocycles. The standard InChI is InChI=1S/C14H21NO/c1-3-15-11-14(8-9-14)10-12-6-4-5-7-13(12)16-2/h4-7,15H,3,8-11H2,1-2H3. The number of hydrogen-bond donors (Lipinski definition) is 1. The third kappa shape index (κ3) is 2.56. The molecule has 1 aliphatic rings. The first-order valence-corrected chi connectivity index (χ1v) is 6.12. The molecule has 2 rings (SSSR count).